The largest absolute Gasteiger partial charge is 0.399 e. The smallest absolute Gasteiger partial charge is 0.258 e. The molecule has 0 spiro atoms. The molecule has 1 aliphatic rings. The van der Waals surface area contributed by atoms with Crippen LogP contribution in [-0.4, -0.2) is 12.5 Å². The minimum atomic E-state index is 0.0244. The summed E-state index contributed by atoms with van der Waals surface area (Å²) in [6, 6.07) is 15.3. The van der Waals surface area contributed by atoms with Crippen molar-refractivity contribution in [1.29, 1.82) is 0 Å². The van der Waals surface area contributed by atoms with E-state index in [9.17, 15) is 4.79 Å². The molecule has 102 valence electrons. The molecule has 2 aromatic rings. The maximum absolute atomic E-state index is 12.7. The zero-order valence-electron chi connectivity index (χ0n) is 11.5. The fourth-order valence-corrected chi connectivity index (χ4v) is 2.82. The van der Waals surface area contributed by atoms with Crippen molar-refractivity contribution in [1.82, 2.24) is 0 Å². The van der Waals surface area contributed by atoms with Crippen LogP contribution in [0.3, 0.4) is 0 Å². The topological polar surface area (TPSA) is 46.3 Å². The molecule has 2 N–H and O–H groups in total. The van der Waals surface area contributed by atoms with E-state index < -0.39 is 0 Å². The SMILES string of the molecule is CC1Cc2ccccc2N(C(=O)c2cccc(N)c2)C1. The van der Waals surface area contributed by atoms with Gasteiger partial charge in [0.05, 0.1) is 0 Å². The van der Waals surface area contributed by atoms with Gasteiger partial charge in [-0.25, -0.2) is 0 Å². The molecular weight excluding hydrogens is 248 g/mol. The Balaban J connectivity index is 2.00. The second-order valence-corrected chi connectivity index (χ2v) is 5.48. The van der Waals surface area contributed by atoms with Crippen molar-refractivity contribution in [2.45, 2.75) is 13.3 Å². The lowest BCUT2D eigenvalue weighted by Crippen LogP contribution is -2.39. The summed E-state index contributed by atoms with van der Waals surface area (Å²) in [7, 11) is 0. The van der Waals surface area contributed by atoms with Gasteiger partial charge in [-0.3, -0.25) is 4.79 Å². The van der Waals surface area contributed by atoms with Gasteiger partial charge in [-0.2, -0.15) is 0 Å². The van der Waals surface area contributed by atoms with Crippen LogP contribution in [0, 0.1) is 5.92 Å². The quantitative estimate of drug-likeness (QED) is 0.806. The number of nitrogen functional groups attached to an aromatic ring is 1. The van der Waals surface area contributed by atoms with Gasteiger partial charge in [0, 0.05) is 23.5 Å². The first kappa shape index (κ1) is 12.7. The zero-order valence-corrected chi connectivity index (χ0v) is 11.5. The van der Waals surface area contributed by atoms with Crippen LogP contribution in [0.2, 0.25) is 0 Å². The molecule has 20 heavy (non-hydrogen) atoms. The van der Waals surface area contributed by atoms with Gasteiger partial charge in [0.1, 0.15) is 0 Å². The van der Waals surface area contributed by atoms with Gasteiger partial charge in [0.2, 0.25) is 0 Å². The molecule has 3 rings (SSSR count). The molecule has 3 nitrogen and oxygen atoms in total. The molecule has 0 fully saturated rings. The molecule has 1 aliphatic heterocycles. The molecule has 0 aromatic heterocycles. The van der Waals surface area contributed by atoms with Crippen LogP contribution in [0.25, 0.3) is 0 Å². The molecule has 0 bridgehead atoms. The van der Waals surface area contributed by atoms with E-state index in [4.69, 9.17) is 5.73 Å². The van der Waals surface area contributed by atoms with Crippen molar-refractivity contribution in [3.8, 4) is 0 Å². The summed E-state index contributed by atoms with van der Waals surface area (Å²) >= 11 is 0. The van der Waals surface area contributed by atoms with E-state index in [2.05, 4.69) is 13.0 Å². The number of anilines is 2. The van der Waals surface area contributed by atoms with Crippen molar-refractivity contribution in [3.05, 3.63) is 59.7 Å². The highest BCUT2D eigenvalue weighted by Crippen LogP contribution is 2.30. The van der Waals surface area contributed by atoms with E-state index in [0.717, 1.165) is 18.7 Å². The number of fused-ring (bicyclic) bond motifs is 1. The van der Waals surface area contributed by atoms with Crippen LogP contribution in [-0.2, 0) is 6.42 Å². The van der Waals surface area contributed by atoms with Gasteiger partial charge in [0.25, 0.3) is 5.91 Å². The monoisotopic (exact) mass is 266 g/mol. The van der Waals surface area contributed by atoms with Crippen molar-refractivity contribution < 1.29 is 4.79 Å². The van der Waals surface area contributed by atoms with Gasteiger partial charge < -0.3 is 10.6 Å². The van der Waals surface area contributed by atoms with Crippen molar-refractivity contribution >= 4 is 17.3 Å². The Morgan fingerprint density at radius 1 is 1.20 bits per heavy atom. The molecule has 0 radical (unpaired) electrons. The van der Waals surface area contributed by atoms with Crippen LogP contribution >= 0.6 is 0 Å². The standard InChI is InChI=1S/C17H18N2O/c1-12-9-13-5-2-3-8-16(13)19(11-12)17(20)14-6-4-7-15(18)10-14/h2-8,10,12H,9,11,18H2,1H3. The number of amides is 1. The van der Waals surface area contributed by atoms with Crippen LogP contribution in [0.5, 0.6) is 0 Å². The number of benzene rings is 2. The van der Waals surface area contributed by atoms with Gasteiger partial charge in [0.15, 0.2) is 0 Å². The lowest BCUT2D eigenvalue weighted by molar-refractivity contribution is 0.0981. The lowest BCUT2D eigenvalue weighted by Gasteiger charge is -2.33. The van der Waals surface area contributed by atoms with E-state index in [1.807, 2.05) is 35.2 Å². The van der Waals surface area contributed by atoms with Crippen LogP contribution in [0.15, 0.2) is 48.5 Å². The normalized spacial score (nSPS) is 17.6. The van der Waals surface area contributed by atoms with Gasteiger partial charge in [-0.05, 0) is 42.2 Å². The van der Waals surface area contributed by atoms with E-state index in [0.29, 0.717) is 17.2 Å². The number of carbonyl (C=O) groups is 1. The first-order chi connectivity index (χ1) is 9.65. The van der Waals surface area contributed by atoms with Gasteiger partial charge in [-0.15, -0.1) is 0 Å². The van der Waals surface area contributed by atoms with E-state index in [1.165, 1.54) is 5.56 Å². The third kappa shape index (κ3) is 2.27. The minimum Gasteiger partial charge on any atom is -0.399 e. The fourth-order valence-electron chi connectivity index (χ4n) is 2.82. The second-order valence-electron chi connectivity index (χ2n) is 5.48. The number of nitrogens with zero attached hydrogens (tertiary/aromatic N) is 1. The van der Waals surface area contributed by atoms with Crippen LogP contribution < -0.4 is 10.6 Å². The van der Waals surface area contributed by atoms with Crippen LogP contribution in [0.4, 0.5) is 11.4 Å². The number of para-hydroxylation sites is 1. The predicted molar refractivity (Wildman–Crippen MR) is 81.8 cm³/mol. The number of hydrogen-bond donors (Lipinski definition) is 1. The van der Waals surface area contributed by atoms with E-state index >= 15 is 0 Å². The van der Waals surface area contributed by atoms with E-state index in [1.54, 1.807) is 12.1 Å². The lowest BCUT2D eigenvalue weighted by atomic mass is 9.93. The van der Waals surface area contributed by atoms with Gasteiger partial charge in [-0.1, -0.05) is 31.2 Å². The summed E-state index contributed by atoms with van der Waals surface area (Å²) in [6.45, 7) is 2.93. The average molecular weight is 266 g/mol. The highest BCUT2D eigenvalue weighted by Gasteiger charge is 2.26. The molecule has 2 aromatic carbocycles. The minimum absolute atomic E-state index is 0.0244. The molecule has 1 amide bonds. The maximum Gasteiger partial charge on any atom is 0.258 e. The summed E-state index contributed by atoms with van der Waals surface area (Å²) in [5.74, 6) is 0.492. The third-order valence-corrected chi connectivity index (χ3v) is 3.72. The highest BCUT2D eigenvalue weighted by atomic mass is 16.2. The molecule has 1 unspecified atom stereocenters. The Morgan fingerprint density at radius 3 is 2.80 bits per heavy atom. The van der Waals surface area contributed by atoms with Crippen molar-refractivity contribution in [2.24, 2.45) is 5.92 Å². The number of nitrogens with two attached hydrogens (primary N) is 1. The first-order valence-corrected chi connectivity index (χ1v) is 6.90. The number of carbonyl (C=O) groups excluding carboxylic acids is 1. The maximum atomic E-state index is 12.7. The van der Waals surface area contributed by atoms with Gasteiger partial charge >= 0.3 is 0 Å². The highest BCUT2D eigenvalue weighted by molar-refractivity contribution is 6.07. The summed E-state index contributed by atoms with van der Waals surface area (Å²) in [6.07, 6.45) is 1.02. The molecule has 0 saturated carbocycles. The Morgan fingerprint density at radius 2 is 2.00 bits per heavy atom. The number of hydrogen-bond acceptors (Lipinski definition) is 2. The predicted octanol–water partition coefficient (Wildman–Crippen LogP) is 3.11. The third-order valence-electron chi connectivity index (χ3n) is 3.72. The molecular formula is C17H18N2O. The Hall–Kier alpha value is -2.29. The van der Waals surface area contributed by atoms with Crippen LogP contribution in [0.1, 0.15) is 22.8 Å². The average Bonchev–Trinajstić information content (AvgIpc) is 2.45. The van der Waals surface area contributed by atoms with Crippen molar-refractivity contribution in [3.63, 3.8) is 0 Å². The molecule has 1 heterocycles. The fraction of sp³-hybridized carbons (Fsp3) is 0.235. The summed E-state index contributed by atoms with van der Waals surface area (Å²) in [5.41, 5.74) is 9.31. The Bertz CT molecular complexity index is 651. The zero-order chi connectivity index (χ0) is 14.1. The molecule has 0 aliphatic carbocycles. The summed E-state index contributed by atoms with van der Waals surface area (Å²) in [5, 5.41) is 0. The molecule has 3 heteroatoms. The Labute approximate surface area is 119 Å². The van der Waals surface area contributed by atoms with E-state index in [-0.39, 0.29) is 5.91 Å². The first-order valence-electron chi connectivity index (χ1n) is 6.90. The molecule has 1 atom stereocenters. The summed E-state index contributed by atoms with van der Waals surface area (Å²) < 4.78 is 0. The number of rotatable bonds is 1. The summed E-state index contributed by atoms with van der Waals surface area (Å²) in [4.78, 5) is 14.6. The second kappa shape index (κ2) is 5.00. The Kier molecular flexibility index (Phi) is 3.18. The molecule has 0 saturated heterocycles. The van der Waals surface area contributed by atoms with Crippen molar-refractivity contribution in [2.75, 3.05) is 17.2 Å².